The second-order valence-corrected chi connectivity index (χ2v) is 6.13. The summed E-state index contributed by atoms with van der Waals surface area (Å²) in [4.78, 5) is 26.9. The van der Waals surface area contributed by atoms with Crippen molar-refractivity contribution in [3.05, 3.63) is 82.1 Å². The lowest BCUT2D eigenvalue weighted by Gasteiger charge is -2.13. The van der Waals surface area contributed by atoms with Crippen LogP contribution in [0, 0.1) is 0 Å². The van der Waals surface area contributed by atoms with Crippen molar-refractivity contribution in [2.24, 2.45) is 0 Å². The van der Waals surface area contributed by atoms with E-state index in [9.17, 15) is 9.59 Å². The average molecular weight is 350 g/mol. The molecular weight excluding hydrogens is 328 g/mol. The number of pyridine rings is 1. The highest BCUT2D eigenvalue weighted by atomic mass is 16.5. The van der Waals surface area contributed by atoms with Gasteiger partial charge in [-0.25, -0.2) is 0 Å². The molecule has 0 radical (unpaired) electrons. The topological polar surface area (TPSA) is 71.2 Å². The number of nitrogens with one attached hydrogen (secondary N) is 2. The van der Waals surface area contributed by atoms with Gasteiger partial charge in [-0.2, -0.15) is 0 Å². The maximum Gasteiger partial charge on any atom is 0.252 e. The van der Waals surface area contributed by atoms with Gasteiger partial charge in [0.2, 0.25) is 5.56 Å². The minimum Gasteiger partial charge on any atom is -0.374 e. The third-order valence-electron chi connectivity index (χ3n) is 4.24. The number of para-hydroxylation sites is 1. The number of aromatic amines is 1. The predicted molar refractivity (Wildman–Crippen MR) is 102 cm³/mol. The van der Waals surface area contributed by atoms with E-state index < -0.39 is 0 Å². The van der Waals surface area contributed by atoms with Crippen molar-refractivity contribution in [1.29, 1.82) is 0 Å². The van der Waals surface area contributed by atoms with Crippen LogP contribution in [0.3, 0.4) is 0 Å². The fourth-order valence-electron chi connectivity index (χ4n) is 2.84. The Labute approximate surface area is 152 Å². The third-order valence-corrected chi connectivity index (χ3v) is 4.24. The zero-order chi connectivity index (χ0) is 18.4. The molecule has 0 bridgehead atoms. The number of aromatic nitrogens is 1. The summed E-state index contributed by atoms with van der Waals surface area (Å²) in [6.45, 7) is 3.05. The molecule has 3 aromatic rings. The van der Waals surface area contributed by atoms with Gasteiger partial charge in [0, 0.05) is 30.1 Å². The molecule has 1 aromatic heterocycles. The molecule has 2 aromatic carbocycles. The number of fused-ring (bicyclic) bond motifs is 1. The molecule has 0 saturated heterocycles. The molecule has 0 aliphatic heterocycles. The van der Waals surface area contributed by atoms with E-state index >= 15 is 0 Å². The van der Waals surface area contributed by atoms with E-state index in [0.717, 1.165) is 10.9 Å². The Morgan fingerprint density at radius 1 is 1.12 bits per heavy atom. The van der Waals surface area contributed by atoms with E-state index in [0.29, 0.717) is 30.7 Å². The van der Waals surface area contributed by atoms with Crippen LogP contribution < -0.4 is 10.9 Å². The van der Waals surface area contributed by atoms with Crippen LogP contribution in [0.5, 0.6) is 0 Å². The first-order valence-electron chi connectivity index (χ1n) is 8.72. The van der Waals surface area contributed by atoms with Crippen LogP contribution >= 0.6 is 0 Å². The van der Waals surface area contributed by atoms with E-state index in [4.69, 9.17) is 4.74 Å². The van der Waals surface area contributed by atoms with E-state index in [1.165, 1.54) is 6.07 Å². The minimum atomic E-state index is -0.283. The van der Waals surface area contributed by atoms with E-state index in [1.807, 2.05) is 55.5 Å². The lowest BCUT2D eigenvalue weighted by molar-refractivity contribution is 0.0635. The Morgan fingerprint density at radius 2 is 1.85 bits per heavy atom. The van der Waals surface area contributed by atoms with Gasteiger partial charge in [-0.3, -0.25) is 9.59 Å². The SMILES string of the molecule is C[C@H](OCCCNC(=O)c1cc(=O)[nH]c2ccccc12)c1ccccc1. The molecule has 26 heavy (non-hydrogen) atoms. The summed E-state index contributed by atoms with van der Waals surface area (Å²) in [5.74, 6) is -0.247. The second-order valence-electron chi connectivity index (χ2n) is 6.13. The van der Waals surface area contributed by atoms with Crippen molar-refractivity contribution in [1.82, 2.24) is 10.3 Å². The molecule has 134 valence electrons. The zero-order valence-electron chi connectivity index (χ0n) is 14.7. The Morgan fingerprint density at radius 3 is 2.65 bits per heavy atom. The molecule has 1 amide bonds. The molecule has 5 heteroatoms. The molecule has 0 aliphatic carbocycles. The number of ether oxygens (including phenoxy) is 1. The van der Waals surface area contributed by atoms with Crippen molar-refractivity contribution in [2.45, 2.75) is 19.4 Å². The summed E-state index contributed by atoms with van der Waals surface area (Å²) in [6.07, 6.45) is 0.716. The number of carbonyl (C=O) groups is 1. The first-order chi connectivity index (χ1) is 12.6. The summed E-state index contributed by atoms with van der Waals surface area (Å²) in [5.41, 5.74) is 1.90. The zero-order valence-corrected chi connectivity index (χ0v) is 14.7. The maximum atomic E-state index is 12.4. The predicted octanol–water partition coefficient (Wildman–Crippen LogP) is 3.43. The monoisotopic (exact) mass is 350 g/mol. The van der Waals surface area contributed by atoms with Gasteiger partial charge in [-0.15, -0.1) is 0 Å². The summed E-state index contributed by atoms with van der Waals surface area (Å²) >= 11 is 0. The summed E-state index contributed by atoms with van der Waals surface area (Å²) < 4.78 is 5.80. The first kappa shape index (κ1) is 17.9. The summed E-state index contributed by atoms with van der Waals surface area (Å²) in [5, 5.41) is 3.59. The largest absolute Gasteiger partial charge is 0.374 e. The van der Waals surface area contributed by atoms with E-state index in [-0.39, 0.29) is 17.6 Å². The Balaban J connectivity index is 1.51. The van der Waals surface area contributed by atoms with Crippen molar-refractivity contribution in [3.63, 3.8) is 0 Å². The lowest BCUT2D eigenvalue weighted by Crippen LogP contribution is -2.27. The van der Waals surface area contributed by atoms with Gasteiger partial charge in [0.25, 0.3) is 5.91 Å². The van der Waals surface area contributed by atoms with Crippen LogP contribution in [0.4, 0.5) is 0 Å². The van der Waals surface area contributed by atoms with Gasteiger partial charge in [-0.1, -0.05) is 48.5 Å². The van der Waals surface area contributed by atoms with Crippen LogP contribution in [0.2, 0.25) is 0 Å². The van der Waals surface area contributed by atoms with Crippen molar-refractivity contribution >= 4 is 16.8 Å². The fourth-order valence-corrected chi connectivity index (χ4v) is 2.84. The minimum absolute atomic E-state index is 0.0172. The molecule has 3 rings (SSSR count). The molecule has 0 fully saturated rings. The van der Waals surface area contributed by atoms with Crippen molar-refractivity contribution < 1.29 is 9.53 Å². The Hall–Kier alpha value is -2.92. The van der Waals surface area contributed by atoms with Gasteiger partial charge in [0.1, 0.15) is 0 Å². The number of hydrogen-bond acceptors (Lipinski definition) is 3. The quantitative estimate of drug-likeness (QED) is 0.641. The van der Waals surface area contributed by atoms with Crippen molar-refractivity contribution in [2.75, 3.05) is 13.2 Å². The molecule has 1 heterocycles. The van der Waals surface area contributed by atoms with Crippen LogP contribution in [0.25, 0.3) is 10.9 Å². The number of carbonyl (C=O) groups excluding carboxylic acids is 1. The number of H-pyrrole nitrogens is 1. The number of hydrogen-bond donors (Lipinski definition) is 2. The fraction of sp³-hybridized carbons (Fsp3) is 0.238. The number of amides is 1. The molecule has 0 unspecified atom stereocenters. The van der Waals surface area contributed by atoms with Gasteiger partial charge in [0.05, 0.1) is 11.7 Å². The Bertz CT molecular complexity index is 935. The highest BCUT2D eigenvalue weighted by Crippen LogP contribution is 2.16. The highest BCUT2D eigenvalue weighted by molar-refractivity contribution is 6.05. The molecule has 2 N–H and O–H groups in total. The summed E-state index contributed by atoms with van der Waals surface area (Å²) in [6, 6.07) is 18.6. The maximum absolute atomic E-state index is 12.4. The molecule has 0 spiro atoms. The van der Waals surface area contributed by atoms with Crippen LogP contribution in [-0.4, -0.2) is 24.0 Å². The molecule has 0 aliphatic rings. The lowest BCUT2D eigenvalue weighted by atomic mass is 10.1. The van der Waals surface area contributed by atoms with Crippen LogP contribution in [-0.2, 0) is 4.74 Å². The number of benzene rings is 2. The number of rotatable bonds is 7. The van der Waals surface area contributed by atoms with Crippen LogP contribution in [0.1, 0.15) is 35.4 Å². The standard InChI is InChI=1S/C21H22N2O3/c1-15(16-8-3-2-4-9-16)26-13-7-12-22-21(25)18-14-20(24)23-19-11-6-5-10-17(18)19/h2-6,8-11,14-15H,7,12-13H2,1H3,(H,22,25)(H,23,24)/t15-/m0/s1. The van der Waals surface area contributed by atoms with E-state index in [2.05, 4.69) is 10.3 Å². The summed E-state index contributed by atoms with van der Waals surface area (Å²) in [7, 11) is 0. The van der Waals surface area contributed by atoms with Gasteiger partial charge in [-0.05, 0) is 25.0 Å². The van der Waals surface area contributed by atoms with Gasteiger partial charge < -0.3 is 15.0 Å². The van der Waals surface area contributed by atoms with Gasteiger partial charge in [0.15, 0.2) is 0 Å². The van der Waals surface area contributed by atoms with Gasteiger partial charge >= 0.3 is 0 Å². The highest BCUT2D eigenvalue weighted by Gasteiger charge is 2.11. The molecule has 1 atom stereocenters. The first-order valence-corrected chi connectivity index (χ1v) is 8.72. The smallest absolute Gasteiger partial charge is 0.252 e. The van der Waals surface area contributed by atoms with E-state index in [1.54, 1.807) is 6.07 Å². The third kappa shape index (κ3) is 4.37. The Kier molecular flexibility index (Phi) is 5.81. The van der Waals surface area contributed by atoms with Crippen molar-refractivity contribution in [3.8, 4) is 0 Å². The van der Waals surface area contributed by atoms with Crippen LogP contribution in [0.15, 0.2) is 65.5 Å². The average Bonchev–Trinajstić information content (AvgIpc) is 2.67. The second kappa shape index (κ2) is 8.45. The normalized spacial score (nSPS) is 12.0. The molecule has 0 saturated carbocycles. The molecular formula is C21H22N2O3. The molecule has 5 nitrogen and oxygen atoms in total.